The van der Waals surface area contributed by atoms with Gasteiger partial charge in [0.25, 0.3) is 5.92 Å². The molecule has 4 heterocycles. The van der Waals surface area contributed by atoms with Gasteiger partial charge < -0.3 is 20.0 Å². The summed E-state index contributed by atoms with van der Waals surface area (Å²) in [6, 6.07) is -0.548. The van der Waals surface area contributed by atoms with Gasteiger partial charge in [-0.25, -0.2) is 13.8 Å². The standard InChI is InChI=1S/C17H24F2N6O2S/c1-11-21-16(28-22-11)24-6-4-23(5-7-24)14(26)12-8-13(20-9-12)15(27)25-3-2-17(18,19)10-25/h12-13,20H,2-10H2,1H3/t12-,13-/m0/s1. The molecule has 0 radical (unpaired) electrons. The topological polar surface area (TPSA) is 81.7 Å². The third-order valence-electron chi connectivity index (χ3n) is 5.64. The highest BCUT2D eigenvalue weighted by atomic mass is 32.1. The summed E-state index contributed by atoms with van der Waals surface area (Å²) in [5.41, 5.74) is 0. The van der Waals surface area contributed by atoms with Crippen molar-refractivity contribution in [2.75, 3.05) is 50.7 Å². The largest absolute Gasteiger partial charge is 0.343 e. The number of nitrogens with one attached hydrogen (secondary N) is 1. The number of nitrogens with zero attached hydrogens (tertiary/aromatic N) is 5. The average Bonchev–Trinajstić information content (AvgIpc) is 3.40. The van der Waals surface area contributed by atoms with E-state index in [1.54, 1.807) is 0 Å². The van der Waals surface area contributed by atoms with E-state index >= 15 is 0 Å². The van der Waals surface area contributed by atoms with Gasteiger partial charge in [-0.3, -0.25) is 9.59 Å². The summed E-state index contributed by atoms with van der Waals surface area (Å²) >= 11 is 1.36. The van der Waals surface area contributed by atoms with Gasteiger partial charge in [-0.2, -0.15) is 4.37 Å². The Hall–Kier alpha value is -1.88. The zero-order chi connectivity index (χ0) is 19.9. The molecule has 3 aliphatic heterocycles. The molecule has 0 bridgehead atoms. The molecule has 1 aromatic heterocycles. The van der Waals surface area contributed by atoms with Crippen molar-refractivity contribution in [1.29, 1.82) is 0 Å². The third kappa shape index (κ3) is 3.95. The molecule has 8 nitrogen and oxygen atoms in total. The number of carbonyl (C=O) groups excluding carboxylic acids is 2. The molecule has 28 heavy (non-hydrogen) atoms. The van der Waals surface area contributed by atoms with E-state index in [0.29, 0.717) is 39.1 Å². The zero-order valence-corrected chi connectivity index (χ0v) is 16.6. The van der Waals surface area contributed by atoms with Crippen molar-refractivity contribution >= 4 is 28.5 Å². The van der Waals surface area contributed by atoms with Gasteiger partial charge in [-0.15, -0.1) is 0 Å². The highest BCUT2D eigenvalue weighted by molar-refractivity contribution is 7.09. The number of aryl methyl sites for hydroxylation is 1. The van der Waals surface area contributed by atoms with Crippen LogP contribution in [0.25, 0.3) is 0 Å². The quantitative estimate of drug-likeness (QED) is 0.768. The maximum absolute atomic E-state index is 13.4. The predicted molar refractivity (Wildman–Crippen MR) is 99.5 cm³/mol. The van der Waals surface area contributed by atoms with Gasteiger partial charge in [0.1, 0.15) is 5.82 Å². The second kappa shape index (κ2) is 7.51. The summed E-state index contributed by atoms with van der Waals surface area (Å²) < 4.78 is 30.9. The monoisotopic (exact) mass is 414 g/mol. The van der Waals surface area contributed by atoms with Crippen LogP contribution in [0.15, 0.2) is 0 Å². The second-order valence-electron chi connectivity index (χ2n) is 7.70. The summed E-state index contributed by atoms with van der Waals surface area (Å²) in [5.74, 6) is -2.62. The first kappa shape index (κ1) is 19.4. The van der Waals surface area contributed by atoms with Crippen LogP contribution in [0.2, 0.25) is 0 Å². The maximum Gasteiger partial charge on any atom is 0.267 e. The second-order valence-corrected chi connectivity index (χ2v) is 8.43. The number of carbonyl (C=O) groups is 2. The SMILES string of the molecule is Cc1nsc(N2CCN(C(=O)[C@@H]3CN[C@H](C(=O)N4CCC(F)(F)C4)C3)CC2)n1. The lowest BCUT2D eigenvalue weighted by Gasteiger charge is -2.35. The molecule has 11 heteroatoms. The first-order valence-corrected chi connectivity index (χ1v) is 10.3. The number of hydrogen-bond donors (Lipinski definition) is 1. The molecule has 1 aromatic rings. The van der Waals surface area contributed by atoms with Crippen LogP contribution in [-0.2, 0) is 9.59 Å². The van der Waals surface area contributed by atoms with Crippen molar-refractivity contribution in [1.82, 2.24) is 24.5 Å². The maximum atomic E-state index is 13.4. The Bertz CT molecular complexity index is 752. The number of anilines is 1. The van der Waals surface area contributed by atoms with Crippen LogP contribution >= 0.6 is 11.5 Å². The smallest absolute Gasteiger partial charge is 0.267 e. The fourth-order valence-electron chi connectivity index (χ4n) is 4.05. The summed E-state index contributed by atoms with van der Waals surface area (Å²) in [4.78, 5) is 34.9. The normalized spacial score (nSPS) is 27.5. The molecule has 2 amide bonds. The molecule has 3 fully saturated rings. The number of amides is 2. The molecule has 154 valence electrons. The van der Waals surface area contributed by atoms with Gasteiger partial charge in [0, 0.05) is 57.2 Å². The van der Waals surface area contributed by atoms with Crippen LogP contribution in [-0.4, -0.2) is 88.7 Å². The number of likely N-dealkylation sites (tertiary alicyclic amines) is 1. The molecule has 1 N–H and O–H groups in total. The number of rotatable bonds is 3. The Kier molecular flexibility index (Phi) is 5.21. The molecular weight excluding hydrogens is 390 g/mol. The molecule has 0 aliphatic carbocycles. The molecule has 2 atom stereocenters. The fourth-order valence-corrected chi connectivity index (χ4v) is 4.77. The number of hydrogen-bond acceptors (Lipinski definition) is 7. The van der Waals surface area contributed by atoms with Crippen molar-refractivity contribution in [3.63, 3.8) is 0 Å². The Morgan fingerprint density at radius 1 is 1.14 bits per heavy atom. The van der Waals surface area contributed by atoms with Gasteiger partial charge in [-0.1, -0.05) is 0 Å². The van der Waals surface area contributed by atoms with Crippen LogP contribution < -0.4 is 10.2 Å². The van der Waals surface area contributed by atoms with E-state index in [9.17, 15) is 18.4 Å². The Labute approximate surface area is 166 Å². The van der Waals surface area contributed by atoms with Gasteiger partial charge in [0.05, 0.1) is 18.5 Å². The van der Waals surface area contributed by atoms with Crippen LogP contribution in [0.4, 0.5) is 13.9 Å². The average molecular weight is 414 g/mol. The number of piperazine rings is 1. The zero-order valence-electron chi connectivity index (χ0n) is 15.7. The predicted octanol–water partition coefficient (Wildman–Crippen LogP) is 0.341. The lowest BCUT2D eigenvalue weighted by molar-refractivity contribution is -0.135. The highest BCUT2D eigenvalue weighted by Gasteiger charge is 2.44. The minimum atomic E-state index is -2.80. The van der Waals surface area contributed by atoms with Crippen molar-refractivity contribution < 1.29 is 18.4 Å². The Morgan fingerprint density at radius 2 is 1.89 bits per heavy atom. The van der Waals surface area contributed by atoms with E-state index < -0.39 is 18.5 Å². The number of alkyl halides is 2. The summed E-state index contributed by atoms with van der Waals surface area (Å²) in [6.45, 7) is 4.43. The minimum Gasteiger partial charge on any atom is -0.343 e. The molecular formula is C17H24F2N6O2S. The molecule has 0 unspecified atom stereocenters. The first-order valence-electron chi connectivity index (χ1n) is 9.56. The first-order chi connectivity index (χ1) is 13.3. The summed E-state index contributed by atoms with van der Waals surface area (Å²) in [5, 5.41) is 3.93. The fraction of sp³-hybridized carbons (Fsp3) is 0.765. The molecule has 0 aromatic carbocycles. The van der Waals surface area contributed by atoms with E-state index in [0.717, 1.165) is 11.0 Å². The van der Waals surface area contributed by atoms with Crippen LogP contribution in [0, 0.1) is 12.8 Å². The van der Waals surface area contributed by atoms with Crippen molar-refractivity contribution in [3.8, 4) is 0 Å². The van der Waals surface area contributed by atoms with Gasteiger partial charge >= 0.3 is 0 Å². The molecule has 0 spiro atoms. The number of aromatic nitrogens is 2. The van der Waals surface area contributed by atoms with Crippen molar-refractivity contribution in [2.45, 2.75) is 31.7 Å². The molecule has 0 saturated carbocycles. The third-order valence-corrected chi connectivity index (χ3v) is 6.51. The Morgan fingerprint density at radius 3 is 2.50 bits per heavy atom. The van der Waals surface area contributed by atoms with Crippen LogP contribution in [0.5, 0.6) is 0 Å². The van der Waals surface area contributed by atoms with Gasteiger partial charge in [0.15, 0.2) is 0 Å². The lowest BCUT2D eigenvalue weighted by Crippen LogP contribution is -2.50. The van der Waals surface area contributed by atoms with Crippen LogP contribution in [0.1, 0.15) is 18.7 Å². The Balaban J connectivity index is 1.28. The van der Waals surface area contributed by atoms with E-state index in [1.807, 2.05) is 11.8 Å². The summed E-state index contributed by atoms with van der Waals surface area (Å²) in [6.07, 6.45) is 0.0851. The van der Waals surface area contributed by atoms with Crippen molar-refractivity contribution in [3.05, 3.63) is 5.82 Å². The van der Waals surface area contributed by atoms with E-state index in [4.69, 9.17) is 0 Å². The molecule has 3 aliphatic rings. The number of halogens is 2. The van der Waals surface area contributed by atoms with Crippen molar-refractivity contribution in [2.24, 2.45) is 5.92 Å². The highest BCUT2D eigenvalue weighted by Crippen LogP contribution is 2.29. The molecule has 4 rings (SSSR count). The molecule has 3 saturated heterocycles. The minimum absolute atomic E-state index is 0.0302. The van der Waals surface area contributed by atoms with E-state index in [2.05, 4.69) is 19.6 Å². The van der Waals surface area contributed by atoms with Gasteiger partial charge in [-0.05, 0) is 13.3 Å². The summed E-state index contributed by atoms with van der Waals surface area (Å²) in [7, 11) is 0. The van der Waals surface area contributed by atoms with E-state index in [-0.39, 0.29) is 30.7 Å². The lowest BCUT2D eigenvalue weighted by atomic mass is 10.0. The van der Waals surface area contributed by atoms with Gasteiger partial charge in [0.2, 0.25) is 16.9 Å². The van der Waals surface area contributed by atoms with Crippen LogP contribution in [0.3, 0.4) is 0 Å². The van der Waals surface area contributed by atoms with E-state index in [1.165, 1.54) is 16.4 Å².